The van der Waals surface area contributed by atoms with Gasteiger partial charge in [0.1, 0.15) is 11.5 Å². The Hall–Kier alpha value is -4.86. The molecule has 0 aliphatic carbocycles. The van der Waals surface area contributed by atoms with Crippen molar-refractivity contribution in [1.82, 2.24) is 5.43 Å². The first-order valence-electron chi connectivity index (χ1n) is 11.9. The second kappa shape index (κ2) is 14.0. The Balaban J connectivity index is 1.61. The van der Waals surface area contributed by atoms with E-state index in [0.29, 0.717) is 47.3 Å². The fourth-order valence-electron chi connectivity index (χ4n) is 3.13. The Bertz CT molecular complexity index is 1290. The summed E-state index contributed by atoms with van der Waals surface area (Å²) in [5.41, 5.74) is 3.47. The molecule has 2 amide bonds. The van der Waals surface area contributed by atoms with Crippen LogP contribution in [0.1, 0.15) is 36.2 Å². The molecule has 0 aliphatic rings. The van der Waals surface area contributed by atoms with Gasteiger partial charge in [-0.05, 0) is 73.5 Å². The molecule has 198 valence electrons. The smallest absolute Gasteiger partial charge is 0.343 e. The number of esters is 1. The number of hydrogen-bond acceptors (Lipinski definition) is 8. The molecule has 3 aromatic rings. The van der Waals surface area contributed by atoms with Crippen LogP contribution in [0.3, 0.4) is 0 Å². The summed E-state index contributed by atoms with van der Waals surface area (Å²) in [5.74, 6) is -0.647. The summed E-state index contributed by atoms with van der Waals surface area (Å²) in [6.07, 6.45) is 2.22. The number of rotatable bonds is 11. The van der Waals surface area contributed by atoms with Gasteiger partial charge in [-0.25, -0.2) is 10.2 Å². The molecular weight excluding hydrogens is 490 g/mol. The number of carbonyl (C=O) groups is 3. The molecule has 10 nitrogen and oxygen atoms in total. The van der Waals surface area contributed by atoms with Gasteiger partial charge in [-0.1, -0.05) is 13.0 Å². The van der Waals surface area contributed by atoms with Gasteiger partial charge >= 0.3 is 17.8 Å². The zero-order valence-corrected chi connectivity index (χ0v) is 21.4. The van der Waals surface area contributed by atoms with Gasteiger partial charge in [0.2, 0.25) is 0 Å². The van der Waals surface area contributed by atoms with Crippen molar-refractivity contribution in [3.8, 4) is 23.0 Å². The van der Waals surface area contributed by atoms with E-state index < -0.39 is 17.8 Å². The van der Waals surface area contributed by atoms with Crippen molar-refractivity contribution < 1.29 is 33.3 Å². The maximum Gasteiger partial charge on any atom is 0.343 e. The van der Waals surface area contributed by atoms with Gasteiger partial charge in [-0.2, -0.15) is 5.10 Å². The molecule has 0 heterocycles. The first kappa shape index (κ1) is 27.7. The molecule has 38 heavy (non-hydrogen) atoms. The van der Waals surface area contributed by atoms with Crippen LogP contribution >= 0.6 is 0 Å². The molecule has 0 spiro atoms. The van der Waals surface area contributed by atoms with Crippen LogP contribution in [0.25, 0.3) is 0 Å². The molecule has 0 atom stereocenters. The van der Waals surface area contributed by atoms with Crippen LogP contribution in [0, 0.1) is 0 Å². The van der Waals surface area contributed by atoms with E-state index in [1.165, 1.54) is 13.3 Å². The van der Waals surface area contributed by atoms with Crippen LogP contribution in [0.4, 0.5) is 5.69 Å². The molecule has 10 heteroatoms. The number of hydrogen-bond donors (Lipinski definition) is 2. The SMILES string of the molecule is CCCOc1ccc(C(=O)Oc2ccc(/C=N/NC(=O)C(=O)Nc3cccc(OC)c3)cc2OCC)cc1. The van der Waals surface area contributed by atoms with Crippen molar-refractivity contribution in [2.45, 2.75) is 20.3 Å². The number of amides is 2. The van der Waals surface area contributed by atoms with Crippen LogP contribution in [0.15, 0.2) is 71.8 Å². The summed E-state index contributed by atoms with van der Waals surface area (Å²) in [4.78, 5) is 36.8. The third-order valence-corrected chi connectivity index (χ3v) is 4.95. The minimum Gasteiger partial charge on any atom is -0.497 e. The van der Waals surface area contributed by atoms with Crippen molar-refractivity contribution in [1.29, 1.82) is 0 Å². The number of benzene rings is 3. The molecule has 3 rings (SSSR count). The Morgan fingerprint density at radius 2 is 1.66 bits per heavy atom. The second-order valence-electron chi connectivity index (χ2n) is 7.79. The molecule has 0 unspecified atom stereocenters. The van der Waals surface area contributed by atoms with Crippen molar-refractivity contribution in [3.63, 3.8) is 0 Å². The van der Waals surface area contributed by atoms with Crippen molar-refractivity contribution >= 4 is 29.7 Å². The highest BCUT2D eigenvalue weighted by Crippen LogP contribution is 2.29. The lowest BCUT2D eigenvalue weighted by Gasteiger charge is -2.12. The second-order valence-corrected chi connectivity index (χ2v) is 7.79. The fourth-order valence-corrected chi connectivity index (χ4v) is 3.13. The lowest BCUT2D eigenvalue weighted by Crippen LogP contribution is -2.32. The Morgan fingerprint density at radius 3 is 2.37 bits per heavy atom. The lowest BCUT2D eigenvalue weighted by molar-refractivity contribution is -0.136. The normalized spacial score (nSPS) is 10.5. The van der Waals surface area contributed by atoms with Gasteiger partial charge in [-0.3, -0.25) is 9.59 Å². The van der Waals surface area contributed by atoms with E-state index in [1.807, 2.05) is 6.92 Å². The number of nitrogens with zero attached hydrogens (tertiary/aromatic N) is 1. The molecule has 0 radical (unpaired) electrons. The zero-order valence-electron chi connectivity index (χ0n) is 21.4. The van der Waals surface area contributed by atoms with Gasteiger partial charge < -0.3 is 24.3 Å². The average molecular weight is 520 g/mol. The molecule has 0 aromatic heterocycles. The molecule has 0 bridgehead atoms. The monoisotopic (exact) mass is 519 g/mol. The van der Waals surface area contributed by atoms with Crippen molar-refractivity contribution in [3.05, 3.63) is 77.9 Å². The molecule has 0 saturated heterocycles. The molecule has 3 aromatic carbocycles. The van der Waals surface area contributed by atoms with E-state index in [4.69, 9.17) is 18.9 Å². The third kappa shape index (κ3) is 8.09. The highest BCUT2D eigenvalue weighted by molar-refractivity contribution is 6.39. The molecular formula is C28H29N3O7. The van der Waals surface area contributed by atoms with Crippen LogP contribution in [-0.4, -0.2) is 44.3 Å². The largest absolute Gasteiger partial charge is 0.497 e. The van der Waals surface area contributed by atoms with E-state index >= 15 is 0 Å². The summed E-state index contributed by atoms with van der Waals surface area (Å²) < 4.78 is 21.8. The van der Waals surface area contributed by atoms with Crippen molar-refractivity contribution in [2.24, 2.45) is 5.10 Å². The van der Waals surface area contributed by atoms with E-state index in [-0.39, 0.29) is 5.75 Å². The van der Waals surface area contributed by atoms with Gasteiger partial charge in [0, 0.05) is 11.8 Å². The van der Waals surface area contributed by atoms with Gasteiger partial charge in [0.05, 0.1) is 32.1 Å². The van der Waals surface area contributed by atoms with Gasteiger partial charge in [0.15, 0.2) is 11.5 Å². The van der Waals surface area contributed by atoms with E-state index in [9.17, 15) is 14.4 Å². The molecule has 0 fully saturated rings. The summed E-state index contributed by atoms with van der Waals surface area (Å²) in [7, 11) is 1.50. The Kier molecular flexibility index (Phi) is 10.2. The van der Waals surface area contributed by atoms with Crippen LogP contribution < -0.4 is 29.7 Å². The zero-order chi connectivity index (χ0) is 27.3. The number of anilines is 1. The summed E-state index contributed by atoms with van der Waals surface area (Å²) in [5, 5.41) is 6.28. The molecule has 0 aliphatic heterocycles. The Labute approximate surface area is 220 Å². The number of ether oxygens (including phenoxy) is 4. The van der Waals surface area contributed by atoms with E-state index in [2.05, 4.69) is 15.8 Å². The summed E-state index contributed by atoms with van der Waals surface area (Å²) in [6, 6.07) is 18.0. The number of carbonyl (C=O) groups excluding carboxylic acids is 3. The predicted octanol–water partition coefficient (Wildman–Crippen LogP) is 4.19. The van der Waals surface area contributed by atoms with E-state index in [1.54, 1.807) is 73.7 Å². The third-order valence-electron chi connectivity index (χ3n) is 4.95. The predicted molar refractivity (Wildman–Crippen MR) is 142 cm³/mol. The minimum atomic E-state index is -0.953. The maximum atomic E-state index is 12.6. The summed E-state index contributed by atoms with van der Waals surface area (Å²) >= 11 is 0. The number of methoxy groups -OCH3 is 1. The average Bonchev–Trinajstić information content (AvgIpc) is 2.93. The van der Waals surface area contributed by atoms with Crippen LogP contribution in [-0.2, 0) is 9.59 Å². The first-order valence-corrected chi connectivity index (χ1v) is 11.9. The number of hydrazone groups is 1. The quantitative estimate of drug-likeness (QED) is 0.128. The maximum absolute atomic E-state index is 12.6. The topological polar surface area (TPSA) is 125 Å². The standard InChI is InChI=1S/C28H29N3O7/c1-4-15-37-22-12-10-20(11-13-22)28(34)38-24-14-9-19(16-25(24)36-5-2)18-29-31-27(33)26(32)30-21-7-6-8-23(17-21)35-3/h6-14,16-18H,4-5,15H2,1-3H3,(H,30,32)(H,31,33)/b29-18+. The first-order chi connectivity index (χ1) is 18.4. The van der Waals surface area contributed by atoms with Gasteiger partial charge in [0.25, 0.3) is 0 Å². The fraction of sp³-hybridized carbons (Fsp3) is 0.214. The highest BCUT2D eigenvalue weighted by Gasteiger charge is 2.15. The van der Waals surface area contributed by atoms with Crippen LogP contribution in [0.5, 0.6) is 23.0 Å². The van der Waals surface area contributed by atoms with Crippen LogP contribution in [0.2, 0.25) is 0 Å². The van der Waals surface area contributed by atoms with E-state index in [0.717, 1.165) is 6.42 Å². The highest BCUT2D eigenvalue weighted by atomic mass is 16.6. The molecule has 2 N–H and O–H groups in total. The van der Waals surface area contributed by atoms with Gasteiger partial charge in [-0.15, -0.1) is 0 Å². The lowest BCUT2D eigenvalue weighted by atomic mass is 10.2. The van der Waals surface area contributed by atoms with Crippen molar-refractivity contribution in [2.75, 3.05) is 25.6 Å². The summed E-state index contributed by atoms with van der Waals surface area (Å²) in [6.45, 7) is 4.73. The minimum absolute atomic E-state index is 0.224. The number of nitrogens with one attached hydrogen (secondary N) is 2. The Morgan fingerprint density at radius 1 is 0.868 bits per heavy atom. The molecule has 0 saturated carbocycles.